The van der Waals surface area contributed by atoms with Gasteiger partial charge < -0.3 is 24.3 Å². The van der Waals surface area contributed by atoms with E-state index in [1.54, 1.807) is 31.4 Å². The lowest BCUT2D eigenvalue weighted by atomic mass is 10.1. The summed E-state index contributed by atoms with van der Waals surface area (Å²) >= 11 is 0. The zero-order valence-electron chi connectivity index (χ0n) is 15.6. The Morgan fingerprint density at radius 2 is 1.96 bits per heavy atom. The monoisotopic (exact) mass is 369 g/mol. The molecule has 142 valence electrons. The van der Waals surface area contributed by atoms with Crippen molar-refractivity contribution in [1.29, 1.82) is 0 Å². The number of ether oxygens (including phenoxy) is 2. The maximum absolute atomic E-state index is 12.4. The van der Waals surface area contributed by atoms with Crippen LogP contribution in [0.3, 0.4) is 0 Å². The van der Waals surface area contributed by atoms with Crippen molar-refractivity contribution in [3.05, 3.63) is 59.4 Å². The van der Waals surface area contributed by atoms with Crippen molar-refractivity contribution in [1.82, 2.24) is 5.32 Å². The standard InChI is InChI=1S/C21H23NO5/c1-13-7-8-19-18(9-13)14(2)20(27-19)21(24)22-11-15(23)12-26-17-6-4-5-16(10-17)25-3/h4-10,15,23H,11-12H2,1-3H3,(H,22,24)/t15-/m0/s1. The number of amides is 1. The van der Waals surface area contributed by atoms with Gasteiger partial charge in [0.05, 0.1) is 7.11 Å². The van der Waals surface area contributed by atoms with Crippen LogP contribution in [0.5, 0.6) is 11.5 Å². The summed E-state index contributed by atoms with van der Waals surface area (Å²) in [7, 11) is 1.57. The van der Waals surface area contributed by atoms with E-state index in [1.807, 2.05) is 32.0 Å². The quantitative estimate of drug-likeness (QED) is 0.668. The summed E-state index contributed by atoms with van der Waals surface area (Å²) in [5.41, 5.74) is 2.56. The lowest BCUT2D eigenvalue weighted by Gasteiger charge is -2.13. The molecule has 0 saturated heterocycles. The third-order valence-corrected chi connectivity index (χ3v) is 4.28. The highest BCUT2D eigenvalue weighted by Gasteiger charge is 2.18. The Labute approximate surface area is 157 Å². The van der Waals surface area contributed by atoms with E-state index in [-0.39, 0.29) is 24.8 Å². The van der Waals surface area contributed by atoms with Crippen molar-refractivity contribution in [2.75, 3.05) is 20.3 Å². The third-order valence-electron chi connectivity index (χ3n) is 4.28. The van der Waals surface area contributed by atoms with Crippen LogP contribution in [0, 0.1) is 13.8 Å². The smallest absolute Gasteiger partial charge is 0.287 e. The maximum atomic E-state index is 12.4. The molecule has 0 aliphatic heterocycles. The first-order chi connectivity index (χ1) is 13.0. The number of methoxy groups -OCH3 is 1. The van der Waals surface area contributed by atoms with Crippen molar-refractivity contribution >= 4 is 16.9 Å². The van der Waals surface area contributed by atoms with Crippen LogP contribution in [0.25, 0.3) is 11.0 Å². The van der Waals surface area contributed by atoms with E-state index in [1.165, 1.54) is 0 Å². The number of hydrogen-bond acceptors (Lipinski definition) is 5. The van der Waals surface area contributed by atoms with Crippen LogP contribution < -0.4 is 14.8 Å². The predicted molar refractivity (Wildman–Crippen MR) is 103 cm³/mol. The average Bonchev–Trinajstić information content (AvgIpc) is 3.01. The molecule has 2 aromatic carbocycles. The first-order valence-electron chi connectivity index (χ1n) is 8.71. The molecule has 1 atom stereocenters. The zero-order valence-corrected chi connectivity index (χ0v) is 15.6. The predicted octanol–water partition coefficient (Wildman–Crippen LogP) is 3.23. The second-order valence-electron chi connectivity index (χ2n) is 6.41. The van der Waals surface area contributed by atoms with Crippen molar-refractivity contribution in [2.24, 2.45) is 0 Å². The zero-order chi connectivity index (χ0) is 19.4. The molecule has 0 bridgehead atoms. The first-order valence-corrected chi connectivity index (χ1v) is 8.71. The van der Waals surface area contributed by atoms with Gasteiger partial charge >= 0.3 is 0 Å². The van der Waals surface area contributed by atoms with Gasteiger partial charge in [-0.05, 0) is 38.1 Å². The Kier molecular flexibility index (Phi) is 5.66. The lowest BCUT2D eigenvalue weighted by molar-refractivity contribution is 0.0823. The summed E-state index contributed by atoms with van der Waals surface area (Å²) in [5.74, 6) is 1.16. The molecule has 6 heteroatoms. The number of carbonyl (C=O) groups excluding carboxylic acids is 1. The second kappa shape index (κ2) is 8.14. The minimum atomic E-state index is -0.855. The SMILES string of the molecule is COc1cccc(OC[C@@H](O)CNC(=O)c2oc3ccc(C)cc3c2C)c1. The number of fused-ring (bicyclic) bond motifs is 1. The summed E-state index contributed by atoms with van der Waals surface area (Å²) in [6.45, 7) is 3.94. The summed E-state index contributed by atoms with van der Waals surface area (Å²) in [6.07, 6.45) is -0.855. The number of aliphatic hydroxyl groups is 1. The normalized spacial score (nSPS) is 12.0. The average molecular weight is 369 g/mol. The Bertz CT molecular complexity index is 947. The molecular weight excluding hydrogens is 346 g/mol. The fourth-order valence-electron chi connectivity index (χ4n) is 2.78. The maximum Gasteiger partial charge on any atom is 0.287 e. The van der Waals surface area contributed by atoms with Crippen LogP contribution in [0.15, 0.2) is 46.9 Å². The minimum Gasteiger partial charge on any atom is -0.497 e. The van der Waals surface area contributed by atoms with Crippen molar-refractivity contribution in [3.8, 4) is 11.5 Å². The van der Waals surface area contributed by atoms with Gasteiger partial charge in [-0.15, -0.1) is 0 Å². The van der Waals surface area contributed by atoms with Gasteiger partial charge in [-0.25, -0.2) is 0 Å². The van der Waals surface area contributed by atoms with Crippen LogP contribution in [0.4, 0.5) is 0 Å². The Hall–Kier alpha value is -2.99. The van der Waals surface area contributed by atoms with Gasteiger partial charge in [0.15, 0.2) is 5.76 Å². The number of aryl methyl sites for hydroxylation is 2. The van der Waals surface area contributed by atoms with Crippen LogP contribution >= 0.6 is 0 Å². The number of aliphatic hydroxyl groups excluding tert-OH is 1. The Morgan fingerprint density at radius 1 is 1.19 bits per heavy atom. The third kappa shape index (κ3) is 4.41. The van der Waals surface area contributed by atoms with E-state index in [4.69, 9.17) is 13.9 Å². The first kappa shape index (κ1) is 18.8. The van der Waals surface area contributed by atoms with Gasteiger partial charge in [0.1, 0.15) is 29.8 Å². The van der Waals surface area contributed by atoms with Crippen molar-refractivity contribution in [3.63, 3.8) is 0 Å². The molecule has 1 heterocycles. The lowest BCUT2D eigenvalue weighted by Crippen LogP contribution is -2.35. The van der Waals surface area contributed by atoms with Crippen LogP contribution in [-0.4, -0.2) is 37.4 Å². The minimum absolute atomic E-state index is 0.0474. The van der Waals surface area contributed by atoms with E-state index in [9.17, 15) is 9.90 Å². The van der Waals surface area contributed by atoms with Gasteiger partial charge in [-0.3, -0.25) is 4.79 Å². The summed E-state index contributed by atoms with van der Waals surface area (Å²) in [5, 5.41) is 13.7. The van der Waals surface area contributed by atoms with Crippen molar-refractivity contribution in [2.45, 2.75) is 20.0 Å². The molecule has 0 aliphatic carbocycles. The van der Waals surface area contributed by atoms with E-state index in [0.29, 0.717) is 17.1 Å². The number of carbonyl (C=O) groups is 1. The van der Waals surface area contributed by atoms with E-state index >= 15 is 0 Å². The highest BCUT2D eigenvalue weighted by Crippen LogP contribution is 2.26. The van der Waals surface area contributed by atoms with Gasteiger partial charge in [0.25, 0.3) is 5.91 Å². The van der Waals surface area contributed by atoms with Crippen molar-refractivity contribution < 1.29 is 23.8 Å². The van der Waals surface area contributed by atoms with Crippen LogP contribution in [0.1, 0.15) is 21.7 Å². The number of rotatable bonds is 7. The second-order valence-corrected chi connectivity index (χ2v) is 6.41. The van der Waals surface area contributed by atoms with E-state index in [2.05, 4.69) is 5.32 Å². The highest BCUT2D eigenvalue weighted by molar-refractivity contribution is 5.99. The van der Waals surface area contributed by atoms with Gasteiger partial charge in [0, 0.05) is 23.6 Å². The number of nitrogens with one attached hydrogen (secondary N) is 1. The largest absolute Gasteiger partial charge is 0.497 e. The Balaban J connectivity index is 1.56. The molecule has 0 fully saturated rings. The van der Waals surface area contributed by atoms with Gasteiger partial charge in [-0.1, -0.05) is 17.7 Å². The molecule has 3 aromatic rings. The Morgan fingerprint density at radius 3 is 2.74 bits per heavy atom. The number of benzene rings is 2. The molecule has 2 N–H and O–H groups in total. The summed E-state index contributed by atoms with van der Waals surface area (Å²) < 4.78 is 16.3. The molecule has 1 amide bonds. The number of hydrogen-bond donors (Lipinski definition) is 2. The molecule has 27 heavy (non-hydrogen) atoms. The topological polar surface area (TPSA) is 80.9 Å². The fraction of sp³-hybridized carbons (Fsp3) is 0.286. The molecule has 0 radical (unpaired) electrons. The summed E-state index contributed by atoms with van der Waals surface area (Å²) in [4.78, 5) is 12.4. The molecule has 3 rings (SSSR count). The van der Waals surface area contributed by atoms with Crippen LogP contribution in [0.2, 0.25) is 0 Å². The number of furan rings is 1. The molecule has 1 aromatic heterocycles. The van der Waals surface area contributed by atoms with Gasteiger partial charge in [0.2, 0.25) is 0 Å². The highest BCUT2D eigenvalue weighted by atomic mass is 16.5. The van der Waals surface area contributed by atoms with E-state index < -0.39 is 6.10 Å². The van der Waals surface area contributed by atoms with Gasteiger partial charge in [-0.2, -0.15) is 0 Å². The molecule has 0 spiro atoms. The molecule has 6 nitrogen and oxygen atoms in total. The van der Waals surface area contributed by atoms with E-state index in [0.717, 1.165) is 16.5 Å². The molecule has 0 saturated carbocycles. The molecule has 0 aliphatic rings. The summed E-state index contributed by atoms with van der Waals surface area (Å²) in [6, 6.07) is 12.9. The molecular formula is C21H23NO5. The van der Waals surface area contributed by atoms with Crippen LogP contribution in [-0.2, 0) is 0 Å². The molecule has 0 unspecified atom stereocenters. The fourth-order valence-corrected chi connectivity index (χ4v) is 2.78.